The molecule has 3 aliphatic heterocycles. The largest absolute Gasteiger partial charge is 0.487 e. The fourth-order valence-electron chi connectivity index (χ4n) is 5.37. The summed E-state index contributed by atoms with van der Waals surface area (Å²) in [5.41, 5.74) is 1.49. The molecule has 160 valence electrons. The van der Waals surface area contributed by atoms with Crippen molar-refractivity contribution in [1.29, 1.82) is 0 Å². The number of fused-ring (bicyclic) bond motifs is 3. The lowest BCUT2D eigenvalue weighted by Gasteiger charge is -2.54. The van der Waals surface area contributed by atoms with Gasteiger partial charge in [0.25, 0.3) is 5.91 Å². The maximum atomic E-state index is 12.8. The summed E-state index contributed by atoms with van der Waals surface area (Å²) in [6, 6.07) is 5.80. The second kappa shape index (κ2) is 6.99. The van der Waals surface area contributed by atoms with E-state index in [9.17, 15) is 4.79 Å². The van der Waals surface area contributed by atoms with Crippen LogP contribution in [0.5, 0.6) is 5.75 Å². The van der Waals surface area contributed by atoms with E-state index in [1.54, 1.807) is 17.1 Å². The number of piperidine rings is 1. The Bertz CT molecular complexity index is 978. The van der Waals surface area contributed by atoms with E-state index in [1.807, 2.05) is 30.1 Å². The number of aryl methyl sites for hydroxylation is 1. The maximum absolute atomic E-state index is 12.8. The Balaban J connectivity index is 1.32. The van der Waals surface area contributed by atoms with Gasteiger partial charge in [0, 0.05) is 42.8 Å². The van der Waals surface area contributed by atoms with Crippen molar-refractivity contribution >= 4 is 17.5 Å². The summed E-state index contributed by atoms with van der Waals surface area (Å²) >= 11 is 6.26. The molecule has 0 bridgehead atoms. The molecule has 2 aromatic rings. The predicted octanol–water partition coefficient (Wildman–Crippen LogP) is 4.24. The first-order valence-electron chi connectivity index (χ1n) is 10.6. The first-order chi connectivity index (χ1) is 14.3. The highest BCUT2D eigenvalue weighted by atomic mass is 35.5. The zero-order valence-electron chi connectivity index (χ0n) is 17.7. The van der Waals surface area contributed by atoms with E-state index in [0.29, 0.717) is 17.2 Å². The zero-order valence-corrected chi connectivity index (χ0v) is 18.5. The minimum Gasteiger partial charge on any atom is -0.487 e. The van der Waals surface area contributed by atoms with Crippen LogP contribution in [0.2, 0.25) is 5.02 Å². The molecule has 0 unspecified atom stereocenters. The van der Waals surface area contributed by atoms with Crippen LogP contribution >= 0.6 is 11.6 Å². The Hall–Kier alpha value is -2.05. The molecule has 7 heteroatoms. The predicted molar refractivity (Wildman–Crippen MR) is 114 cm³/mol. The highest BCUT2D eigenvalue weighted by Crippen LogP contribution is 2.55. The van der Waals surface area contributed by atoms with Gasteiger partial charge in [-0.15, -0.1) is 0 Å². The van der Waals surface area contributed by atoms with Gasteiger partial charge in [0.05, 0.1) is 24.5 Å². The molecule has 1 aromatic heterocycles. The molecule has 3 aliphatic rings. The SMILES string of the molecule is Cn1cc(C(=O)N2CCC3(CC2)CO[C@@H]2c4cc(Cl)ccc4OC(C)(C)[C@H]2C3)cn1. The summed E-state index contributed by atoms with van der Waals surface area (Å²) in [6.45, 7) is 6.53. The van der Waals surface area contributed by atoms with Crippen molar-refractivity contribution in [3.05, 3.63) is 46.7 Å². The number of hydrogen-bond acceptors (Lipinski definition) is 4. The molecular formula is C23H28ClN3O3. The molecule has 4 heterocycles. The molecule has 0 N–H and O–H groups in total. The lowest BCUT2D eigenvalue weighted by atomic mass is 9.64. The van der Waals surface area contributed by atoms with E-state index >= 15 is 0 Å². The minimum atomic E-state index is -0.318. The van der Waals surface area contributed by atoms with Gasteiger partial charge in [-0.3, -0.25) is 9.48 Å². The van der Waals surface area contributed by atoms with Crippen molar-refractivity contribution < 1.29 is 14.3 Å². The summed E-state index contributed by atoms with van der Waals surface area (Å²) in [5, 5.41) is 4.84. The smallest absolute Gasteiger partial charge is 0.257 e. The summed E-state index contributed by atoms with van der Waals surface area (Å²) < 4.78 is 14.6. The number of nitrogens with zero attached hydrogens (tertiary/aromatic N) is 3. The highest BCUT2D eigenvalue weighted by molar-refractivity contribution is 6.30. The number of benzene rings is 1. The van der Waals surface area contributed by atoms with Crippen LogP contribution in [0.1, 0.15) is 55.1 Å². The zero-order chi connectivity index (χ0) is 21.1. The third-order valence-corrected chi connectivity index (χ3v) is 7.43. The average Bonchev–Trinajstić information content (AvgIpc) is 3.15. The summed E-state index contributed by atoms with van der Waals surface area (Å²) in [5.74, 6) is 1.19. The van der Waals surface area contributed by atoms with E-state index in [0.717, 1.165) is 43.7 Å². The summed E-state index contributed by atoms with van der Waals surface area (Å²) in [6.07, 6.45) is 6.35. The van der Waals surface area contributed by atoms with Crippen LogP contribution in [0.3, 0.4) is 0 Å². The van der Waals surface area contributed by atoms with E-state index in [2.05, 4.69) is 18.9 Å². The fourth-order valence-corrected chi connectivity index (χ4v) is 5.55. The second-order valence-corrected chi connectivity index (χ2v) is 10.1. The van der Waals surface area contributed by atoms with Gasteiger partial charge in [-0.2, -0.15) is 5.10 Å². The molecule has 1 aromatic carbocycles. The molecule has 2 saturated heterocycles. The molecule has 0 saturated carbocycles. The van der Waals surface area contributed by atoms with Crippen molar-refractivity contribution in [2.75, 3.05) is 19.7 Å². The number of amides is 1. The number of rotatable bonds is 1. The van der Waals surface area contributed by atoms with Crippen LogP contribution in [0, 0.1) is 11.3 Å². The van der Waals surface area contributed by atoms with Crippen LogP contribution in [0.25, 0.3) is 0 Å². The molecule has 1 amide bonds. The number of carbonyl (C=O) groups is 1. The van der Waals surface area contributed by atoms with Crippen molar-refractivity contribution in [3.8, 4) is 5.75 Å². The van der Waals surface area contributed by atoms with Gasteiger partial charge in [0.15, 0.2) is 0 Å². The normalized spacial score (nSPS) is 26.6. The molecule has 1 spiro atoms. The Morgan fingerprint density at radius 2 is 2.03 bits per heavy atom. The molecule has 30 heavy (non-hydrogen) atoms. The molecule has 5 rings (SSSR count). The second-order valence-electron chi connectivity index (χ2n) is 9.62. The van der Waals surface area contributed by atoms with Gasteiger partial charge >= 0.3 is 0 Å². The lowest BCUT2D eigenvalue weighted by Crippen LogP contribution is -2.54. The van der Waals surface area contributed by atoms with E-state index in [-0.39, 0.29) is 28.9 Å². The number of likely N-dealkylation sites (tertiary alicyclic amines) is 1. The molecule has 2 atom stereocenters. The van der Waals surface area contributed by atoms with Crippen LogP contribution in [0.4, 0.5) is 0 Å². The average molecular weight is 430 g/mol. The fraction of sp³-hybridized carbons (Fsp3) is 0.565. The van der Waals surface area contributed by atoms with Crippen LogP contribution in [0.15, 0.2) is 30.6 Å². The molecule has 6 nitrogen and oxygen atoms in total. The highest BCUT2D eigenvalue weighted by Gasteiger charge is 2.53. The number of carbonyl (C=O) groups excluding carboxylic acids is 1. The van der Waals surface area contributed by atoms with E-state index < -0.39 is 0 Å². The Morgan fingerprint density at radius 1 is 1.27 bits per heavy atom. The van der Waals surface area contributed by atoms with Crippen molar-refractivity contribution in [1.82, 2.24) is 14.7 Å². The standard InChI is InChI=1S/C23H28ClN3O3/c1-22(2)18-11-23(14-29-20(18)17-10-16(24)4-5-19(17)30-22)6-8-27(9-7-23)21(28)15-12-25-26(3)13-15/h4-5,10,12-13,18,20H,6-9,11,14H2,1-3H3/t18-,20+/m0/s1. The van der Waals surface area contributed by atoms with Gasteiger partial charge in [-0.1, -0.05) is 11.6 Å². The van der Waals surface area contributed by atoms with Crippen molar-refractivity contribution in [2.45, 2.75) is 44.8 Å². The monoisotopic (exact) mass is 429 g/mol. The van der Waals surface area contributed by atoms with Gasteiger partial charge in [-0.25, -0.2) is 0 Å². The number of halogens is 1. The summed E-state index contributed by atoms with van der Waals surface area (Å²) in [7, 11) is 1.83. The van der Waals surface area contributed by atoms with Crippen molar-refractivity contribution in [2.24, 2.45) is 18.4 Å². The Morgan fingerprint density at radius 3 is 2.73 bits per heavy atom. The minimum absolute atomic E-state index is 0.00290. The van der Waals surface area contributed by atoms with E-state index in [1.165, 1.54) is 0 Å². The number of hydrogen-bond donors (Lipinski definition) is 0. The molecule has 0 radical (unpaired) electrons. The van der Waals surface area contributed by atoms with Crippen LogP contribution in [-0.4, -0.2) is 45.9 Å². The molecule has 0 aliphatic carbocycles. The number of aromatic nitrogens is 2. The Labute approximate surface area is 182 Å². The van der Waals surface area contributed by atoms with E-state index in [4.69, 9.17) is 21.1 Å². The molecule has 2 fully saturated rings. The topological polar surface area (TPSA) is 56.6 Å². The third-order valence-electron chi connectivity index (χ3n) is 7.19. The first kappa shape index (κ1) is 19.9. The van der Waals surface area contributed by atoms with Gasteiger partial charge < -0.3 is 14.4 Å². The van der Waals surface area contributed by atoms with Gasteiger partial charge in [0.1, 0.15) is 11.4 Å². The maximum Gasteiger partial charge on any atom is 0.257 e. The molecular weight excluding hydrogens is 402 g/mol. The quantitative estimate of drug-likeness (QED) is 0.680. The third kappa shape index (κ3) is 3.30. The Kier molecular flexibility index (Phi) is 4.63. The van der Waals surface area contributed by atoms with Crippen molar-refractivity contribution in [3.63, 3.8) is 0 Å². The van der Waals surface area contributed by atoms with Gasteiger partial charge in [-0.05, 0) is 56.7 Å². The van der Waals surface area contributed by atoms with Crippen LogP contribution < -0.4 is 4.74 Å². The lowest BCUT2D eigenvalue weighted by molar-refractivity contribution is -0.173. The van der Waals surface area contributed by atoms with Gasteiger partial charge in [0.2, 0.25) is 0 Å². The first-order valence-corrected chi connectivity index (χ1v) is 11.0. The number of ether oxygens (including phenoxy) is 2. The van der Waals surface area contributed by atoms with Crippen LogP contribution in [-0.2, 0) is 11.8 Å². The summed E-state index contributed by atoms with van der Waals surface area (Å²) in [4.78, 5) is 14.7.